The Labute approximate surface area is 147 Å². The van der Waals surface area contributed by atoms with Crippen LogP contribution in [0.4, 0.5) is 0 Å². The Hall–Kier alpha value is -2.33. The van der Waals surface area contributed by atoms with Crippen LogP contribution in [0.15, 0.2) is 48.5 Å². The number of rotatable bonds is 6. The van der Waals surface area contributed by atoms with Gasteiger partial charge in [0.15, 0.2) is 0 Å². The van der Waals surface area contributed by atoms with Crippen molar-refractivity contribution in [2.75, 3.05) is 6.54 Å². The molecule has 0 spiro atoms. The molecule has 0 bridgehead atoms. The largest absolute Gasteiger partial charge is 0.354 e. The number of hydrogen-bond acceptors (Lipinski definition) is 2. The molecule has 2 N–H and O–H groups in total. The van der Waals surface area contributed by atoms with Crippen LogP contribution >= 0.6 is 11.6 Å². The van der Waals surface area contributed by atoms with E-state index in [0.29, 0.717) is 23.6 Å². The van der Waals surface area contributed by atoms with Crippen LogP contribution in [0.3, 0.4) is 0 Å². The van der Waals surface area contributed by atoms with Gasteiger partial charge < -0.3 is 10.6 Å². The standard InChI is InChI=1S/C19H21ClN2O2/c1-13-4-3-5-16(12-13)19(24)22-14(2)18(23)21-11-10-15-6-8-17(20)9-7-15/h3-9,12,14H,10-11H2,1-2H3,(H,21,23)(H,22,24)/t14-/m0/s1. The quantitative estimate of drug-likeness (QED) is 0.845. The van der Waals surface area contributed by atoms with Gasteiger partial charge in [-0.15, -0.1) is 0 Å². The molecule has 0 saturated heterocycles. The number of carbonyl (C=O) groups excluding carboxylic acids is 2. The summed E-state index contributed by atoms with van der Waals surface area (Å²) in [6.07, 6.45) is 0.710. The summed E-state index contributed by atoms with van der Waals surface area (Å²) >= 11 is 5.84. The smallest absolute Gasteiger partial charge is 0.251 e. The highest BCUT2D eigenvalue weighted by molar-refractivity contribution is 6.30. The first-order chi connectivity index (χ1) is 11.5. The van der Waals surface area contributed by atoms with Gasteiger partial charge in [0.05, 0.1) is 0 Å². The van der Waals surface area contributed by atoms with Crippen molar-refractivity contribution in [3.8, 4) is 0 Å². The Kier molecular flexibility index (Phi) is 6.38. The van der Waals surface area contributed by atoms with E-state index in [-0.39, 0.29) is 11.8 Å². The van der Waals surface area contributed by atoms with Gasteiger partial charge in [0, 0.05) is 17.1 Å². The van der Waals surface area contributed by atoms with Gasteiger partial charge >= 0.3 is 0 Å². The van der Waals surface area contributed by atoms with E-state index < -0.39 is 6.04 Å². The molecular formula is C19H21ClN2O2. The van der Waals surface area contributed by atoms with Crippen molar-refractivity contribution in [1.82, 2.24) is 10.6 Å². The third-order valence-electron chi connectivity index (χ3n) is 3.65. The molecule has 126 valence electrons. The Balaban J connectivity index is 1.79. The zero-order valence-electron chi connectivity index (χ0n) is 13.8. The first kappa shape index (κ1) is 18.0. The molecule has 5 heteroatoms. The zero-order chi connectivity index (χ0) is 17.5. The van der Waals surface area contributed by atoms with Crippen molar-refractivity contribution < 1.29 is 9.59 Å². The van der Waals surface area contributed by atoms with Gasteiger partial charge in [-0.05, 0) is 50.1 Å². The molecule has 0 fully saturated rings. The van der Waals surface area contributed by atoms with E-state index >= 15 is 0 Å². The molecule has 4 nitrogen and oxygen atoms in total. The van der Waals surface area contributed by atoms with Crippen LogP contribution in [0.25, 0.3) is 0 Å². The molecular weight excluding hydrogens is 324 g/mol. The lowest BCUT2D eigenvalue weighted by molar-refractivity contribution is -0.122. The lowest BCUT2D eigenvalue weighted by atomic mass is 10.1. The van der Waals surface area contributed by atoms with E-state index in [1.807, 2.05) is 43.3 Å². The monoisotopic (exact) mass is 344 g/mol. The minimum absolute atomic E-state index is 0.204. The summed E-state index contributed by atoms with van der Waals surface area (Å²) in [6, 6.07) is 14.2. The maximum atomic E-state index is 12.1. The molecule has 0 aliphatic carbocycles. The van der Waals surface area contributed by atoms with Crippen LogP contribution in [0, 0.1) is 6.92 Å². The first-order valence-corrected chi connectivity index (χ1v) is 8.23. The minimum Gasteiger partial charge on any atom is -0.354 e. The average Bonchev–Trinajstić information content (AvgIpc) is 2.56. The second kappa shape index (κ2) is 8.50. The van der Waals surface area contributed by atoms with E-state index in [2.05, 4.69) is 10.6 Å². The molecule has 24 heavy (non-hydrogen) atoms. The Morgan fingerprint density at radius 3 is 2.50 bits per heavy atom. The third-order valence-corrected chi connectivity index (χ3v) is 3.90. The molecule has 1 atom stereocenters. The van der Waals surface area contributed by atoms with Crippen LogP contribution in [-0.2, 0) is 11.2 Å². The highest BCUT2D eigenvalue weighted by Crippen LogP contribution is 2.09. The topological polar surface area (TPSA) is 58.2 Å². The molecule has 0 unspecified atom stereocenters. The average molecular weight is 345 g/mol. The number of benzene rings is 2. The van der Waals surface area contributed by atoms with E-state index in [0.717, 1.165) is 11.1 Å². The van der Waals surface area contributed by atoms with Gasteiger partial charge in [-0.2, -0.15) is 0 Å². The van der Waals surface area contributed by atoms with Gasteiger partial charge in [0.2, 0.25) is 5.91 Å². The number of halogens is 1. The first-order valence-electron chi connectivity index (χ1n) is 7.85. The fourth-order valence-electron chi connectivity index (χ4n) is 2.27. The van der Waals surface area contributed by atoms with Crippen molar-refractivity contribution in [1.29, 1.82) is 0 Å². The van der Waals surface area contributed by atoms with E-state index in [1.54, 1.807) is 19.1 Å². The summed E-state index contributed by atoms with van der Waals surface area (Å²) in [5.41, 5.74) is 2.65. The maximum absolute atomic E-state index is 12.1. The Morgan fingerprint density at radius 2 is 1.83 bits per heavy atom. The van der Waals surface area contributed by atoms with Crippen molar-refractivity contribution in [3.63, 3.8) is 0 Å². The lowest BCUT2D eigenvalue weighted by Crippen LogP contribution is -2.45. The number of amides is 2. The molecule has 0 heterocycles. The Morgan fingerprint density at radius 1 is 1.12 bits per heavy atom. The summed E-state index contributed by atoms with van der Waals surface area (Å²) in [4.78, 5) is 24.2. The summed E-state index contributed by atoms with van der Waals surface area (Å²) in [5, 5.41) is 6.23. The van der Waals surface area contributed by atoms with E-state index in [4.69, 9.17) is 11.6 Å². The normalized spacial score (nSPS) is 11.6. The SMILES string of the molecule is Cc1cccc(C(=O)N[C@@H](C)C(=O)NCCc2ccc(Cl)cc2)c1. The van der Waals surface area contributed by atoms with Gasteiger partial charge in [0.25, 0.3) is 5.91 Å². The molecule has 2 amide bonds. The molecule has 0 saturated carbocycles. The van der Waals surface area contributed by atoms with Crippen LogP contribution < -0.4 is 10.6 Å². The molecule has 0 aromatic heterocycles. The fraction of sp³-hybridized carbons (Fsp3) is 0.263. The van der Waals surface area contributed by atoms with Gasteiger partial charge in [-0.1, -0.05) is 41.4 Å². The molecule has 0 radical (unpaired) electrons. The predicted octanol–water partition coefficient (Wildman–Crippen LogP) is 3.13. The van der Waals surface area contributed by atoms with Crippen molar-refractivity contribution in [2.45, 2.75) is 26.3 Å². The van der Waals surface area contributed by atoms with Crippen molar-refractivity contribution in [3.05, 3.63) is 70.2 Å². The molecule has 0 aliphatic heterocycles. The summed E-state index contributed by atoms with van der Waals surface area (Å²) in [6.45, 7) is 4.10. The third kappa shape index (κ3) is 5.39. The van der Waals surface area contributed by atoms with E-state index in [1.165, 1.54) is 0 Å². The molecule has 2 aromatic rings. The van der Waals surface area contributed by atoms with Crippen LogP contribution in [0.5, 0.6) is 0 Å². The molecule has 2 rings (SSSR count). The van der Waals surface area contributed by atoms with E-state index in [9.17, 15) is 9.59 Å². The van der Waals surface area contributed by atoms with Crippen molar-refractivity contribution in [2.24, 2.45) is 0 Å². The minimum atomic E-state index is -0.594. The summed E-state index contributed by atoms with van der Waals surface area (Å²) in [7, 11) is 0. The van der Waals surface area contributed by atoms with Crippen LogP contribution in [-0.4, -0.2) is 24.4 Å². The predicted molar refractivity (Wildman–Crippen MR) is 96.3 cm³/mol. The number of nitrogens with one attached hydrogen (secondary N) is 2. The fourth-order valence-corrected chi connectivity index (χ4v) is 2.39. The number of carbonyl (C=O) groups is 2. The van der Waals surface area contributed by atoms with Crippen LogP contribution in [0.1, 0.15) is 28.4 Å². The molecule has 2 aromatic carbocycles. The van der Waals surface area contributed by atoms with Crippen molar-refractivity contribution >= 4 is 23.4 Å². The second-order valence-corrected chi connectivity index (χ2v) is 6.17. The highest BCUT2D eigenvalue weighted by Gasteiger charge is 2.16. The maximum Gasteiger partial charge on any atom is 0.251 e. The summed E-state index contributed by atoms with van der Waals surface area (Å²) < 4.78 is 0. The summed E-state index contributed by atoms with van der Waals surface area (Å²) in [5.74, 6) is -0.455. The number of aryl methyl sites for hydroxylation is 1. The second-order valence-electron chi connectivity index (χ2n) is 5.73. The molecule has 0 aliphatic rings. The number of hydrogen-bond donors (Lipinski definition) is 2. The Bertz CT molecular complexity index is 714. The zero-order valence-corrected chi connectivity index (χ0v) is 14.6. The van der Waals surface area contributed by atoms with Crippen LogP contribution in [0.2, 0.25) is 5.02 Å². The lowest BCUT2D eigenvalue weighted by Gasteiger charge is -2.14. The highest BCUT2D eigenvalue weighted by atomic mass is 35.5. The van der Waals surface area contributed by atoms with Gasteiger partial charge in [-0.25, -0.2) is 0 Å². The van der Waals surface area contributed by atoms with Gasteiger partial charge in [-0.3, -0.25) is 9.59 Å². The van der Waals surface area contributed by atoms with Gasteiger partial charge in [0.1, 0.15) is 6.04 Å².